The van der Waals surface area contributed by atoms with E-state index in [9.17, 15) is 21.8 Å². The fraction of sp³-hybridized carbons (Fsp3) is 0.200. The van der Waals surface area contributed by atoms with E-state index in [1.54, 1.807) is 6.92 Å². The van der Waals surface area contributed by atoms with E-state index in [0.717, 1.165) is 18.2 Å². The van der Waals surface area contributed by atoms with Crippen LogP contribution in [-0.4, -0.2) is 4.21 Å². The van der Waals surface area contributed by atoms with E-state index in [-0.39, 0.29) is 0 Å². The van der Waals surface area contributed by atoms with Gasteiger partial charge in [0, 0.05) is 4.90 Å². The Hall–Kier alpha value is -1.69. The summed E-state index contributed by atoms with van der Waals surface area (Å²) < 4.78 is 62.9. The maximum Gasteiger partial charge on any atom is 0.416 e. The van der Waals surface area contributed by atoms with Crippen LogP contribution in [0.2, 0.25) is 0 Å². The predicted molar refractivity (Wildman–Crippen MR) is 72.7 cm³/mol. The molecule has 2 aromatic carbocycles. The molecule has 0 heterocycles. The summed E-state index contributed by atoms with van der Waals surface area (Å²) in [6, 6.07) is 9.88. The van der Waals surface area contributed by atoms with Crippen molar-refractivity contribution in [2.75, 3.05) is 0 Å². The van der Waals surface area contributed by atoms with Gasteiger partial charge in [0.15, 0.2) is 0 Å². The largest absolute Gasteiger partial charge is 0.416 e. The molecule has 0 saturated carbocycles. The first kappa shape index (κ1) is 15.7. The summed E-state index contributed by atoms with van der Waals surface area (Å²) in [7, 11) is -1.54. The number of rotatable bonds is 3. The second-order valence-electron chi connectivity index (χ2n) is 4.52. The Morgan fingerprint density at radius 1 is 1.05 bits per heavy atom. The minimum absolute atomic E-state index is 0.308. The van der Waals surface area contributed by atoms with Gasteiger partial charge >= 0.3 is 6.18 Å². The molecule has 0 saturated heterocycles. The lowest BCUT2D eigenvalue weighted by molar-refractivity contribution is -0.137. The lowest BCUT2D eigenvalue weighted by atomic mass is 10.1. The van der Waals surface area contributed by atoms with Crippen LogP contribution in [-0.2, 0) is 17.0 Å². The molecule has 2 rings (SSSR count). The van der Waals surface area contributed by atoms with Crippen molar-refractivity contribution in [3.05, 3.63) is 65.5 Å². The van der Waals surface area contributed by atoms with Gasteiger partial charge in [-0.3, -0.25) is 4.21 Å². The quantitative estimate of drug-likeness (QED) is 0.749. The zero-order chi connectivity index (χ0) is 15.6. The Balaban J connectivity index is 2.24. The van der Waals surface area contributed by atoms with E-state index in [1.807, 2.05) is 0 Å². The molecule has 1 nitrogen and oxygen atoms in total. The zero-order valence-electron chi connectivity index (χ0n) is 11.0. The van der Waals surface area contributed by atoms with Gasteiger partial charge in [-0.2, -0.15) is 13.2 Å². The summed E-state index contributed by atoms with van der Waals surface area (Å²) in [4.78, 5) is 0.308. The Labute approximate surface area is 122 Å². The van der Waals surface area contributed by atoms with Crippen molar-refractivity contribution in [2.45, 2.75) is 23.2 Å². The molecule has 21 heavy (non-hydrogen) atoms. The summed E-state index contributed by atoms with van der Waals surface area (Å²) in [6.07, 6.45) is -4.40. The van der Waals surface area contributed by atoms with Crippen LogP contribution in [0.25, 0.3) is 0 Å². The molecule has 0 bridgehead atoms. The summed E-state index contributed by atoms with van der Waals surface area (Å²) in [5.74, 6) is -0.500. The molecule has 0 spiro atoms. The molecule has 0 aliphatic rings. The van der Waals surface area contributed by atoms with Crippen LogP contribution in [0.3, 0.4) is 0 Å². The van der Waals surface area contributed by atoms with Crippen LogP contribution < -0.4 is 0 Å². The van der Waals surface area contributed by atoms with Gasteiger partial charge in [0.1, 0.15) is 5.82 Å². The Morgan fingerprint density at radius 3 is 2.19 bits per heavy atom. The van der Waals surface area contributed by atoms with Crippen molar-refractivity contribution in [3.63, 3.8) is 0 Å². The van der Waals surface area contributed by atoms with Crippen molar-refractivity contribution in [1.82, 2.24) is 0 Å². The average molecular weight is 316 g/mol. The van der Waals surface area contributed by atoms with Crippen molar-refractivity contribution < 1.29 is 21.8 Å². The van der Waals surface area contributed by atoms with Crippen LogP contribution >= 0.6 is 0 Å². The number of benzene rings is 2. The van der Waals surface area contributed by atoms with Crippen molar-refractivity contribution >= 4 is 10.8 Å². The van der Waals surface area contributed by atoms with Crippen molar-refractivity contribution in [3.8, 4) is 0 Å². The molecule has 0 radical (unpaired) electrons. The highest BCUT2D eigenvalue weighted by atomic mass is 32.2. The maximum atomic E-state index is 13.1. The molecule has 0 unspecified atom stereocenters. The first-order valence-electron chi connectivity index (χ1n) is 6.12. The van der Waals surface area contributed by atoms with E-state index in [0.29, 0.717) is 10.5 Å². The highest BCUT2D eigenvalue weighted by Crippen LogP contribution is 2.31. The SMILES string of the molecule is C[C@@H](c1ccc(C(F)(F)F)cc1)[S@](=O)c1cccc(F)c1. The van der Waals surface area contributed by atoms with Gasteiger partial charge in [-0.1, -0.05) is 18.2 Å². The first-order valence-corrected chi connectivity index (χ1v) is 7.33. The van der Waals surface area contributed by atoms with Gasteiger partial charge in [-0.25, -0.2) is 4.39 Å². The molecule has 0 fully saturated rings. The topological polar surface area (TPSA) is 17.1 Å². The highest BCUT2D eigenvalue weighted by Gasteiger charge is 2.30. The summed E-state index contributed by atoms with van der Waals surface area (Å²) in [5, 5.41) is -0.533. The lowest BCUT2D eigenvalue weighted by Crippen LogP contribution is -2.07. The summed E-state index contributed by atoms with van der Waals surface area (Å²) >= 11 is 0. The average Bonchev–Trinajstić information content (AvgIpc) is 2.45. The Bertz CT molecular complexity index is 649. The predicted octanol–water partition coefficient (Wildman–Crippen LogP) is 4.71. The number of hydrogen-bond acceptors (Lipinski definition) is 1. The molecule has 0 aliphatic heterocycles. The third-order valence-electron chi connectivity index (χ3n) is 3.06. The zero-order valence-corrected chi connectivity index (χ0v) is 11.8. The molecule has 0 aromatic heterocycles. The van der Waals surface area contributed by atoms with Crippen LogP contribution in [0.5, 0.6) is 0 Å². The van der Waals surface area contributed by atoms with Gasteiger partial charge in [0.05, 0.1) is 21.6 Å². The van der Waals surface area contributed by atoms with Gasteiger partial charge in [0.25, 0.3) is 0 Å². The van der Waals surface area contributed by atoms with Crippen LogP contribution in [0.1, 0.15) is 23.3 Å². The van der Waals surface area contributed by atoms with E-state index >= 15 is 0 Å². The second kappa shape index (κ2) is 5.97. The Morgan fingerprint density at radius 2 is 1.67 bits per heavy atom. The van der Waals surface area contributed by atoms with E-state index in [4.69, 9.17) is 0 Å². The molecular formula is C15H12F4OS. The third-order valence-corrected chi connectivity index (χ3v) is 4.69. The summed E-state index contributed by atoms with van der Waals surface area (Å²) in [6.45, 7) is 1.63. The van der Waals surface area contributed by atoms with E-state index in [1.165, 1.54) is 30.3 Å². The molecule has 0 aliphatic carbocycles. The fourth-order valence-corrected chi connectivity index (χ4v) is 3.12. The molecule has 112 valence electrons. The molecule has 0 N–H and O–H groups in total. The standard InChI is InChI=1S/C15H12F4OS/c1-10(21(20)14-4-2-3-13(16)9-14)11-5-7-12(8-6-11)15(17,18)19/h2-10H,1H3/t10-,21-/m0/s1. The lowest BCUT2D eigenvalue weighted by Gasteiger charge is -2.13. The second-order valence-corrected chi connectivity index (χ2v) is 6.29. The minimum atomic E-state index is -4.40. The third kappa shape index (κ3) is 3.69. The molecule has 0 amide bonds. The Kier molecular flexibility index (Phi) is 4.46. The van der Waals surface area contributed by atoms with Crippen LogP contribution in [0.15, 0.2) is 53.4 Å². The van der Waals surface area contributed by atoms with E-state index in [2.05, 4.69) is 0 Å². The monoisotopic (exact) mass is 316 g/mol. The van der Waals surface area contributed by atoms with Gasteiger partial charge in [0.2, 0.25) is 0 Å². The molecular weight excluding hydrogens is 304 g/mol. The molecule has 6 heteroatoms. The van der Waals surface area contributed by atoms with E-state index < -0.39 is 33.6 Å². The summed E-state index contributed by atoms with van der Waals surface area (Å²) in [5.41, 5.74) is -0.249. The van der Waals surface area contributed by atoms with Crippen molar-refractivity contribution in [2.24, 2.45) is 0 Å². The van der Waals surface area contributed by atoms with Gasteiger partial charge < -0.3 is 0 Å². The highest BCUT2D eigenvalue weighted by molar-refractivity contribution is 7.85. The molecule has 2 aromatic rings. The van der Waals surface area contributed by atoms with Crippen LogP contribution in [0.4, 0.5) is 17.6 Å². The number of hydrogen-bond donors (Lipinski definition) is 0. The molecule has 2 atom stereocenters. The van der Waals surface area contributed by atoms with Crippen molar-refractivity contribution in [1.29, 1.82) is 0 Å². The fourth-order valence-electron chi connectivity index (χ4n) is 1.86. The van der Waals surface area contributed by atoms with Gasteiger partial charge in [-0.15, -0.1) is 0 Å². The van der Waals surface area contributed by atoms with Gasteiger partial charge in [-0.05, 0) is 42.8 Å². The van der Waals surface area contributed by atoms with Crippen LogP contribution in [0, 0.1) is 5.82 Å². The number of alkyl halides is 3. The normalized spacial score (nSPS) is 14.7. The smallest absolute Gasteiger partial charge is 0.254 e. The minimum Gasteiger partial charge on any atom is -0.254 e. The first-order chi connectivity index (χ1) is 9.79. The number of halogens is 4. The maximum absolute atomic E-state index is 13.1.